The normalized spacial score (nSPS) is 18.8. The summed E-state index contributed by atoms with van der Waals surface area (Å²) in [4.78, 5) is 27.1. The minimum Gasteiger partial charge on any atom is -0.350 e. The minimum atomic E-state index is -0.486. The molecule has 0 aliphatic carbocycles. The zero-order valence-electron chi connectivity index (χ0n) is 14.4. The smallest absolute Gasteiger partial charge is 0.272 e. The third kappa shape index (κ3) is 3.66. The second-order valence-corrected chi connectivity index (χ2v) is 6.37. The minimum absolute atomic E-state index is 0.0905. The molecule has 0 unspecified atom stereocenters. The van der Waals surface area contributed by atoms with Crippen molar-refractivity contribution in [1.82, 2.24) is 19.9 Å². The summed E-state index contributed by atoms with van der Waals surface area (Å²) in [6.07, 6.45) is 6.45. The number of ether oxygens (including phenoxy) is 2. The Hall–Kier alpha value is -2.58. The highest BCUT2D eigenvalue weighted by molar-refractivity contribution is 5.92. The first-order chi connectivity index (χ1) is 12.7. The zero-order chi connectivity index (χ0) is 17.8. The van der Waals surface area contributed by atoms with E-state index in [1.54, 1.807) is 29.6 Å². The fraction of sp³-hybridized carbons (Fsp3) is 0.444. The van der Waals surface area contributed by atoms with Crippen LogP contribution >= 0.6 is 0 Å². The van der Waals surface area contributed by atoms with Crippen molar-refractivity contribution in [2.24, 2.45) is 0 Å². The molecule has 2 saturated heterocycles. The van der Waals surface area contributed by atoms with E-state index >= 15 is 0 Å². The van der Waals surface area contributed by atoms with Crippen LogP contribution in [0.4, 0.5) is 5.95 Å². The van der Waals surface area contributed by atoms with Gasteiger partial charge in [0.25, 0.3) is 5.91 Å². The topological polar surface area (TPSA) is 89.5 Å². The van der Waals surface area contributed by atoms with Gasteiger partial charge in [0.05, 0.1) is 13.2 Å². The number of amides is 1. The van der Waals surface area contributed by atoms with Crippen LogP contribution < -0.4 is 5.32 Å². The molecule has 0 aromatic carbocycles. The molecule has 2 aromatic rings. The summed E-state index contributed by atoms with van der Waals surface area (Å²) in [5.41, 5.74) is 1.46. The second-order valence-electron chi connectivity index (χ2n) is 6.37. The molecule has 26 heavy (non-hydrogen) atoms. The molecule has 2 aromatic heterocycles. The lowest BCUT2D eigenvalue weighted by atomic mass is 10.0. The van der Waals surface area contributed by atoms with Crippen molar-refractivity contribution in [3.8, 4) is 0 Å². The molecule has 0 saturated carbocycles. The Morgan fingerprint density at radius 2 is 1.85 bits per heavy atom. The number of aromatic nitrogens is 3. The number of hydrogen-bond acceptors (Lipinski definition) is 7. The summed E-state index contributed by atoms with van der Waals surface area (Å²) >= 11 is 0. The van der Waals surface area contributed by atoms with Gasteiger partial charge in [-0.05, 0) is 23.8 Å². The number of rotatable bonds is 4. The van der Waals surface area contributed by atoms with Gasteiger partial charge >= 0.3 is 0 Å². The maximum atomic E-state index is 12.7. The van der Waals surface area contributed by atoms with Crippen LogP contribution in [0.1, 0.15) is 28.9 Å². The molecule has 4 heterocycles. The maximum absolute atomic E-state index is 12.7. The molecule has 1 N–H and O–H groups in total. The highest BCUT2D eigenvalue weighted by atomic mass is 16.7. The second kappa shape index (κ2) is 7.35. The van der Waals surface area contributed by atoms with Crippen molar-refractivity contribution >= 4 is 11.9 Å². The van der Waals surface area contributed by atoms with E-state index in [1.165, 1.54) is 0 Å². The largest absolute Gasteiger partial charge is 0.350 e. The van der Waals surface area contributed by atoms with Crippen molar-refractivity contribution in [2.45, 2.75) is 25.2 Å². The Morgan fingerprint density at radius 3 is 2.58 bits per heavy atom. The summed E-state index contributed by atoms with van der Waals surface area (Å²) in [5.74, 6) is -0.143. The quantitative estimate of drug-likeness (QED) is 0.888. The number of piperidine rings is 1. The Balaban J connectivity index is 1.37. The van der Waals surface area contributed by atoms with E-state index < -0.39 is 5.79 Å². The molecule has 0 bridgehead atoms. The van der Waals surface area contributed by atoms with Gasteiger partial charge in [0.1, 0.15) is 5.69 Å². The van der Waals surface area contributed by atoms with Crippen LogP contribution in [0.15, 0.2) is 36.8 Å². The number of carbonyl (C=O) groups excluding carboxylic acids is 1. The van der Waals surface area contributed by atoms with Crippen molar-refractivity contribution in [3.05, 3.63) is 48.0 Å². The number of nitrogens with zero attached hydrogens (tertiary/aromatic N) is 4. The molecule has 1 amide bonds. The van der Waals surface area contributed by atoms with Gasteiger partial charge in [-0.15, -0.1) is 0 Å². The van der Waals surface area contributed by atoms with Gasteiger partial charge < -0.3 is 19.7 Å². The Labute approximate surface area is 151 Å². The number of pyridine rings is 1. The molecule has 136 valence electrons. The van der Waals surface area contributed by atoms with Gasteiger partial charge in [-0.2, -0.15) is 0 Å². The van der Waals surface area contributed by atoms with Crippen LogP contribution in [-0.2, 0) is 16.0 Å². The third-order valence-corrected chi connectivity index (χ3v) is 4.70. The van der Waals surface area contributed by atoms with Crippen molar-refractivity contribution in [1.29, 1.82) is 0 Å². The molecular weight excluding hydrogens is 334 g/mol. The lowest BCUT2D eigenvalue weighted by Crippen LogP contribution is -2.47. The summed E-state index contributed by atoms with van der Waals surface area (Å²) in [6.45, 7) is 3.03. The molecule has 2 aliphatic heterocycles. The summed E-state index contributed by atoms with van der Waals surface area (Å²) in [7, 11) is 0. The zero-order valence-corrected chi connectivity index (χ0v) is 14.4. The summed E-state index contributed by atoms with van der Waals surface area (Å²) < 4.78 is 11.4. The van der Waals surface area contributed by atoms with Crippen LogP contribution in [0.25, 0.3) is 0 Å². The van der Waals surface area contributed by atoms with E-state index in [9.17, 15) is 4.79 Å². The maximum Gasteiger partial charge on any atom is 0.272 e. The highest BCUT2D eigenvalue weighted by Crippen LogP contribution is 2.31. The number of carbonyl (C=O) groups is 1. The average Bonchev–Trinajstić information content (AvgIpc) is 3.15. The van der Waals surface area contributed by atoms with Crippen LogP contribution in [0.5, 0.6) is 0 Å². The molecular formula is C18H21N5O3. The molecule has 2 aliphatic rings. The van der Waals surface area contributed by atoms with E-state index in [1.807, 2.05) is 12.1 Å². The SMILES string of the molecule is O=C(c1ccnc(NCc2ccncc2)n1)N1CCC2(CC1)OCCO2. The van der Waals surface area contributed by atoms with Crippen LogP contribution in [-0.4, -0.2) is 57.8 Å². The number of anilines is 1. The number of likely N-dealkylation sites (tertiary alicyclic amines) is 1. The fourth-order valence-corrected chi connectivity index (χ4v) is 3.24. The molecule has 8 nitrogen and oxygen atoms in total. The van der Waals surface area contributed by atoms with E-state index in [0.717, 1.165) is 5.56 Å². The monoisotopic (exact) mass is 355 g/mol. The van der Waals surface area contributed by atoms with Gasteiger partial charge in [0.15, 0.2) is 5.79 Å². The lowest BCUT2D eigenvalue weighted by Gasteiger charge is -2.37. The molecule has 0 atom stereocenters. The standard InChI is InChI=1S/C18H21N5O3/c24-16(23-9-4-18(5-10-23)25-11-12-26-18)15-3-8-20-17(22-15)21-13-14-1-6-19-7-2-14/h1-3,6-8H,4-5,9-13H2,(H,20,21,22). The first kappa shape index (κ1) is 16.9. The number of hydrogen-bond donors (Lipinski definition) is 1. The van der Waals surface area contributed by atoms with Crippen molar-refractivity contribution < 1.29 is 14.3 Å². The molecule has 0 radical (unpaired) electrons. The Kier molecular flexibility index (Phi) is 4.77. The molecule has 4 rings (SSSR count). The average molecular weight is 355 g/mol. The Morgan fingerprint density at radius 1 is 1.12 bits per heavy atom. The number of nitrogens with one attached hydrogen (secondary N) is 1. The molecule has 2 fully saturated rings. The van der Waals surface area contributed by atoms with Gasteiger partial charge in [-0.1, -0.05) is 0 Å². The highest BCUT2D eigenvalue weighted by Gasteiger charge is 2.41. The van der Waals surface area contributed by atoms with Crippen LogP contribution in [0, 0.1) is 0 Å². The first-order valence-electron chi connectivity index (χ1n) is 8.77. The van der Waals surface area contributed by atoms with Crippen molar-refractivity contribution in [2.75, 3.05) is 31.6 Å². The Bertz CT molecular complexity index is 754. The van der Waals surface area contributed by atoms with E-state index in [2.05, 4.69) is 20.3 Å². The van der Waals surface area contributed by atoms with Gasteiger partial charge in [-0.3, -0.25) is 9.78 Å². The predicted molar refractivity (Wildman–Crippen MR) is 93.4 cm³/mol. The van der Waals surface area contributed by atoms with E-state index in [4.69, 9.17) is 9.47 Å². The van der Waals surface area contributed by atoms with Gasteiger partial charge in [0.2, 0.25) is 5.95 Å². The van der Waals surface area contributed by atoms with Gasteiger partial charge in [0, 0.05) is 51.1 Å². The molecule has 8 heteroatoms. The third-order valence-electron chi connectivity index (χ3n) is 4.70. The predicted octanol–water partition coefficient (Wildman–Crippen LogP) is 1.46. The van der Waals surface area contributed by atoms with Gasteiger partial charge in [-0.25, -0.2) is 9.97 Å². The van der Waals surface area contributed by atoms with Crippen molar-refractivity contribution in [3.63, 3.8) is 0 Å². The van der Waals surface area contributed by atoms with Crippen LogP contribution in [0.3, 0.4) is 0 Å². The summed E-state index contributed by atoms with van der Waals surface area (Å²) in [6, 6.07) is 5.48. The first-order valence-corrected chi connectivity index (χ1v) is 8.77. The van der Waals surface area contributed by atoms with Crippen LogP contribution in [0.2, 0.25) is 0 Å². The van der Waals surface area contributed by atoms with E-state index in [0.29, 0.717) is 57.3 Å². The lowest BCUT2D eigenvalue weighted by molar-refractivity contribution is -0.181. The molecule has 1 spiro atoms. The fourth-order valence-electron chi connectivity index (χ4n) is 3.24. The van der Waals surface area contributed by atoms with E-state index in [-0.39, 0.29) is 5.91 Å². The summed E-state index contributed by atoms with van der Waals surface area (Å²) in [5, 5.41) is 3.14.